The minimum Gasteiger partial charge on any atom is -0.0622 e. The van der Waals surface area contributed by atoms with Gasteiger partial charge < -0.3 is 0 Å². The van der Waals surface area contributed by atoms with E-state index in [9.17, 15) is 13.7 Å². The Kier molecular flexibility index (Phi) is 1.99. The summed E-state index contributed by atoms with van der Waals surface area (Å²) in [4.78, 5) is 0. The highest BCUT2D eigenvalue weighted by molar-refractivity contribution is 6.27. The van der Waals surface area contributed by atoms with Crippen molar-refractivity contribution in [1.29, 1.82) is 0 Å². The molecule has 0 saturated heterocycles. The van der Waals surface area contributed by atoms with Crippen LogP contribution in [0.15, 0.2) is 157 Å². The van der Waals surface area contributed by atoms with Gasteiger partial charge in [0.2, 0.25) is 0 Å². The molecule has 0 N–H and O–H groups in total. The number of hydrogen-bond acceptors (Lipinski definition) is 0. The van der Waals surface area contributed by atoms with Gasteiger partial charge in [0.25, 0.3) is 0 Å². The van der Waals surface area contributed by atoms with Crippen molar-refractivity contribution in [2.75, 3.05) is 0 Å². The Balaban J connectivity index is 1.63. The highest BCUT2D eigenvalue weighted by Gasteiger charge is 2.15. The lowest BCUT2D eigenvalue weighted by Gasteiger charge is -2.17. The van der Waals surface area contributed by atoms with Crippen LogP contribution in [0.4, 0.5) is 0 Å². The van der Waals surface area contributed by atoms with Crippen LogP contribution < -0.4 is 0 Å². The van der Waals surface area contributed by atoms with E-state index in [1.807, 2.05) is 0 Å². The molecule has 0 radical (unpaired) electrons. The van der Waals surface area contributed by atoms with Crippen LogP contribution in [0.1, 0.15) is 35.6 Å². The molecule has 0 aliphatic carbocycles. The lowest BCUT2D eigenvalue weighted by atomic mass is 9.86. The second-order valence-corrected chi connectivity index (χ2v) is 8.50. The fourth-order valence-electron chi connectivity index (χ4n) is 4.50. The summed E-state index contributed by atoms with van der Waals surface area (Å²) in [6.45, 7) is 0. The van der Waals surface area contributed by atoms with Gasteiger partial charge in [-0.3, -0.25) is 0 Å². The fraction of sp³-hybridized carbons (Fsp3) is 0. The highest BCUT2D eigenvalue weighted by atomic mass is 14.2. The summed E-state index contributed by atoms with van der Waals surface area (Å²) < 4.78 is 229. The Bertz CT molecular complexity index is 3300. The first kappa shape index (κ1) is 8.65. The molecule has 40 heavy (non-hydrogen) atoms. The third kappa shape index (κ3) is 3.69. The fourth-order valence-corrected chi connectivity index (χ4v) is 4.50. The van der Waals surface area contributed by atoms with Crippen molar-refractivity contribution in [2.24, 2.45) is 0 Å². The Morgan fingerprint density at radius 3 is 1.12 bits per heavy atom. The molecule has 0 heteroatoms. The van der Waals surface area contributed by atoms with Crippen LogP contribution in [0.2, 0.25) is 0 Å². The van der Waals surface area contributed by atoms with E-state index in [4.69, 9.17) is 21.9 Å². The van der Waals surface area contributed by atoms with Gasteiger partial charge in [-0.05, 0) is 88.9 Å². The van der Waals surface area contributed by atoms with Crippen molar-refractivity contribution < 1.29 is 35.6 Å². The van der Waals surface area contributed by atoms with E-state index in [0.717, 1.165) is 0 Å². The van der Waals surface area contributed by atoms with Crippen LogP contribution in [0.25, 0.3) is 76.8 Å². The molecule has 0 nitrogen and oxygen atoms in total. The van der Waals surface area contributed by atoms with Crippen LogP contribution in [0.5, 0.6) is 0 Å². The SMILES string of the molecule is [2H]c1c([2H])c([2H])c(-c2c([2H])c([2H])c([2H])c(-c3c([2H])c([2H])c4c([2H])c([2H])c5c(-c6c([2H])c([2H])c([2H])c(-c7c([2H])c([2H])c([2H])c([2H])c7[2H])c6[2H])c([2H])c([2H])c6c([2H])c([2H])c3c4c65)c2[2H])c([2H])c1[2H]. The Labute approximate surface area is 270 Å². The zero-order valence-electron chi connectivity index (χ0n) is 46.0. The van der Waals surface area contributed by atoms with Crippen LogP contribution in [-0.2, 0) is 0 Å². The number of benzene rings is 8. The zero-order valence-corrected chi connectivity index (χ0v) is 20.0. The highest BCUT2D eigenvalue weighted by Crippen LogP contribution is 2.43. The van der Waals surface area contributed by atoms with Crippen molar-refractivity contribution >= 4 is 32.3 Å². The van der Waals surface area contributed by atoms with E-state index in [1.54, 1.807) is 0 Å². The maximum atomic E-state index is 9.37. The first-order valence-corrected chi connectivity index (χ1v) is 11.8. The molecular weight excluding hydrogens is 480 g/mol. The maximum Gasteiger partial charge on any atom is 0.0636 e. The van der Waals surface area contributed by atoms with Crippen LogP contribution >= 0.6 is 0 Å². The quantitative estimate of drug-likeness (QED) is 0.198. The molecule has 0 aromatic heterocycles. The molecule has 0 aliphatic rings. The van der Waals surface area contributed by atoms with E-state index in [1.165, 1.54) is 0 Å². The predicted molar refractivity (Wildman–Crippen MR) is 172 cm³/mol. The lowest BCUT2D eigenvalue weighted by Crippen LogP contribution is -1.90. The van der Waals surface area contributed by atoms with Gasteiger partial charge in [0.05, 0.1) is 35.6 Å². The summed E-state index contributed by atoms with van der Waals surface area (Å²) in [5.41, 5.74) is -5.92. The maximum absolute atomic E-state index is 9.37. The van der Waals surface area contributed by atoms with Gasteiger partial charge in [-0.1, -0.05) is 145 Å². The van der Waals surface area contributed by atoms with Crippen LogP contribution in [-0.4, -0.2) is 0 Å². The average Bonchev–Trinajstić information content (AvgIpc) is 3.28. The van der Waals surface area contributed by atoms with Crippen molar-refractivity contribution in [3.63, 3.8) is 0 Å². The van der Waals surface area contributed by atoms with Gasteiger partial charge >= 0.3 is 0 Å². The monoisotopic (exact) mass is 532 g/mol. The van der Waals surface area contributed by atoms with Gasteiger partial charge in [0.1, 0.15) is 0 Å². The van der Waals surface area contributed by atoms with E-state index >= 15 is 0 Å². The second kappa shape index (κ2) is 9.22. The molecule has 0 saturated carbocycles. The summed E-state index contributed by atoms with van der Waals surface area (Å²) in [7, 11) is 0. The minimum absolute atomic E-state index is 0.440. The molecule has 0 bridgehead atoms. The zero-order chi connectivity index (χ0) is 49.1. The van der Waals surface area contributed by atoms with E-state index in [-0.39, 0.29) is 0 Å². The summed E-state index contributed by atoms with van der Waals surface area (Å²) in [5.74, 6) is 0. The normalized spacial score (nSPS) is 20.6. The van der Waals surface area contributed by atoms with Gasteiger partial charge in [-0.25, -0.2) is 0 Å². The molecule has 0 unspecified atom stereocenters. The van der Waals surface area contributed by atoms with E-state index in [2.05, 4.69) is 0 Å². The lowest BCUT2D eigenvalue weighted by molar-refractivity contribution is 1.60. The number of hydrogen-bond donors (Lipinski definition) is 0. The van der Waals surface area contributed by atoms with Gasteiger partial charge in [-0.2, -0.15) is 0 Å². The van der Waals surface area contributed by atoms with Crippen LogP contribution in [0, 0.1) is 0 Å². The summed E-state index contributed by atoms with van der Waals surface area (Å²) in [6, 6.07) is -23.5. The molecule has 0 fully saturated rings. The minimum atomic E-state index is -0.980. The molecule has 186 valence electrons. The molecule has 8 rings (SSSR count). The largest absolute Gasteiger partial charge is 0.0636 e. The average molecular weight is 533 g/mol. The molecular formula is C40H26. The topological polar surface area (TPSA) is 0 Å². The molecule has 0 heterocycles. The predicted octanol–water partition coefficient (Wildman–Crippen LogP) is 11.3. The Hall–Kier alpha value is -5.20. The third-order valence-electron chi connectivity index (χ3n) is 6.25. The van der Waals surface area contributed by atoms with Crippen molar-refractivity contribution in [3.05, 3.63) is 157 Å². The summed E-state index contributed by atoms with van der Waals surface area (Å²) >= 11 is 0. The van der Waals surface area contributed by atoms with Crippen molar-refractivity contribution in [2.45, 2.75) is 0 Å². The van der Waals surface area contributed by atoms with E-state index < -0.39 is 234 Å². The molecule has 0 aliphatic heterocycles. The molecule has 8 aromatic carbocycles. The molecule has 8 aromatic rings. The number of rotatable bonds is 4. The summed E-state index contributed by atoms with van der Waals surface area (Å²) in [6.07, 6.45) is 0. The van der Waals surface area contributed by atoms with Gasteiger partial charge in [0, 0.05) is 0 Å². The van der Waals surface area contributed by atoms with Crippen LogP contribution in [0.3, 0.4) is 0 Å². The van der Waals surface area contributed by atoms with Crippen molar-refractivity contribution in [1.82, 2.24) is 0 Å². The van der Waals surface area contributed by atoms with E-state index in [0.29, 0.717) is 0 Å². The third-order valence-corrected chi connectivity index (χ3v) is 6.25. The Morgan fingerprint density at radius 1 is 0.300 bits per heavy atom. The molecule has 0 atom stereocenters. The Morgan fingerprint density at radius 2 is 0.675 bits per heavy atom. The first-order chi connectivity index (χ1) is 30.7. The smallest absolute Gasteiger partial charge is 0.0622 e. The summed E-state index contributed by atoms with van der Waals surface area (Å²) in [5, 5.41) is -3.16. The van der Waals surface area contributed by atoms with Gasteiger partial charge in [0.15, 0.2) is 0 Å². The first-order valence-electron chi connectivity index (χ1n) is 24.8. The standard InChI is InChI=1S/C40H26/c1-3-9-27(10-4-1)31-13-7-15-33(25-31)35-21-17-29-20-24-38-36(22-18-30-19-23-37(35)39(29)40(30)38)34-16-8-14-32(26-34)28-11-5-2-6-12-28/h1-26H/i1D,2D,3D,4D,5D,6D,7D,8D,9D,10D,11D,12D,13D,14D,15D,16D,17D,18D,19D,20D,21D,22D,23D,24D,25D,26D. The molecule has 0 spiro atoms. The van der Waals surface area contributed by atoms with Gasteiger partial charge in [-0.15, -0.1) is 0 Å². The molecule has 0 amide bonds. The second-order valence-electron chi connectivity index (χ2n) is 8.50. The van der Waals surface area contributed by atoms with Crippen molar-refractivity contribution in [3.8, 4) is 44.5 Å².